The van der Waals surface area contributed by atoms with E-state index in [2.05, 4.69) is 53.5 Å². The second kappa shape index (κ2) is 3.59. The van der Waals surface area contributed by atoms with Crippen LogP contribution < -0.4 is 0 Å². The Kier molecular flexibility index (Phi) is 2.80. The molecular formula is C16H29NO. The van der Waals surface area contributed by atoms with Gasteiger partial charge in [0.25, 0.3) is 0 Å². The van der Waals surface area contributed by atoms with Gasteiger partial charge in [0, 0.05) is 6.04 Å². The van der Waals surface area contributed by atoms with E-state index < -0.39 is 0 Å². The Morgan fingerprint density at radius 2 is 1.61 bits per heavy atom. The summed E-state index contributed by atoms with van der Waals surface area (Å²) in [6.45, 7) is 15.7. The summed E-state index contributed by atoms with van der Waals surface area (Å²) in [6, 6.07) is 0.487. The smallest absolute Gasteiger partial charge is 0.150 e. The first-order valence-electron chi connectivity index (χ1n) is 7.20. The number of Topliss-reactive ketones (excluding diaryl/α,β-unsaturated/α-hetero) is 1. The Bertz CT molecular complexity index is 385. The van der Waals surface area contributed by atoms with Crippen LogP contribution in [0.3, 0.4) is 0 Å². The lowest BCUT2D eigenvalue weighted by Gasteiger charge is -2.42. The topological polar surface area (TPSA) is 20.3 Å². The van der Waals surface area contributed by atoms with Gasteiger partial charge in [0.05, 0.1) is 5.54 Å². The minimum Gasteiger partial charge on any atom is -0.298 e. The lowest BCUT2D eigenvalue weighted by molar-refractivity contribution is -0.130. The summed E-state index contributed by atoms with van der Waals surface area (Å²) < 4.78 is 0. The average molecular weight is 251 g/mol. The molecule has 2 rings (SSSR count). The van der Waals surface area contributed by atoms with Gasteiger partial charge in [-0.2, -0.15) is 0 Å². The fourth-order valence-corrected chi connectivity index (χ4v) is 5.73. The minimum atomic E-state index is -0.290. The first-order chi connectivity index (χ1) is 7.96. The molecule has 0 N–H and O–H groups in total. The number of carbonyl (C=O) groups is 1. The highest BCUT2D eigenvalue weighted by atomic mass is 16.1. The minimum absolute atomic E-state index is 0.244. The monoisotopic (exact) mass is 251 g/mol. The summed E-state index contributed by atoms with van der Waals surface area (Å²) in [5.41, 5.74) is 0.282. The van der Waals surface area contributed by atoms with Gasteiger partial charge in [-0.15, -0.1) is 0 Å². The van der Waals surface area contributed by atoms with E-state index in [-0.39, 0.29) is 11.0 Å². The van der Waals surface area contributed by atoms with Gasteiger partial charge in [-0.25, -0.2) is 0 Å². The van der Waals surface area contributed by atoms with Gasteiger partial charge in [-0.05, 0) is 56.9 Å². The lowest BCUT2D eigenvalue weighted by atomic mass is 9.67. The molecule has 0 radical (unpaired) electrons. The van der Waals surface area contributed by atoms with Crippen molar-refractivity contribution in [1.82, 2.24) is 4.90 Å². The number of rotatable bonds is 1. The molecule has 2 fully saturated rings. The molecule has 1 aliphatic carbocycles. The van der Waals surface area contributed by atoms with Crippen LogP contribution in [0, 0.1) is 22.7 Å². The molecule has 4 atom stereocenters. The van der Waals surface area contributed by atoms with Crippen molar-refractivity contribution in [3.8, 4) is 0 Å². The van der Waals surface area contributed by atoms with Crippen molar-refractivity contribution < 1.29 is 4.79 Å². The van der Waals surface area contributed by atoms with E-state index in [1.165, 1.54) is 6.42 Å². The number of carbonyl (C=O) groups excluding carboxylic acids is 1. The molecule has 1 aliphatic heterocycles. The van der Waals surface area contributed by atoms with E-state index in [1.54, 1.807) is 6.92 Å². The highest BCUT2D eigenvalue weighted by Crippen LogP contribution is 2.66. The molecule has 1 heterocycles. The number of hydrogen-bond donors (Lipinski definition) is 0. The number of likely N-dealkylation sites (tertiary alicyclic amines) is 1. The van der Waals surface area contributed by atoms with Crippen LogP contribution in [0.5, 0.6) is 0 Å². The SMILES string of the molecule is CC(=O)C1(C)C2C(C(C)N1C)C(C)(C)CC2(C)C. The van der Waals surface area contributed by atoms with Gasteiger partial charge in [-0.1, -0.05) is 27.7 Å². The summed E-state index contributed by atoms with van der Waals surface area (Å²) >= 11 is 0. The van der Waals surface area contributed by atoms with Crippen molar-refractivity contribution in [2.45, 2.75) is 66.5 Å². The summed E-state index contributed by atoms with van der Waals surface area (Å²) in [5, 5.41) is 0. The Balaban J connectivity index is 2.59. The van der Waals surface area contributed by atoms with Crippen molar-refractivity contribution in [2.75, 3.05) is 7.05 Å². The Hall–Kier alpha value is -0.370. The highest BCUT2D eigenvalue weighted by Gasteiger charge is 2.67. The van der Waals surface area contributed by atoms with Gasteiger partial charge >= 0.3 is 0 Å². The number of hydrogen-bond acceptors (Lipinski definition) is 2. The van der Waals surface area contributed by atoms with Gasteiger partial charge in [0.1, 0.15) is 5.78 Å². The third kappa shape index (κ3) is 1.47. The normalized spacial score (nSPS) is 46.1. The number of fused-ring (bicyclic) bond motifs is 1. The maximum atomic E-state index is 12.3. The number of likely N-dealkylation sites (N-methyl/N-ethyl adjacent to an activating group) is 1. The fourth-order valence-electron chi connectivity index (χ4n) is 5.73. The van der Waals surface area contributed by atoms with E-state index in [1.807, 2.05) is 0 Å². The Labute approximate surface area is 112 Å². The first kappa shape index (κ1) is 14.0. The largest absolute Gasteiger partial charge is 0.298 e. The Morgan fingerprint density at radius 3 is 2.06 bits per heavy atom. The Morgan fingerprint density at radius 1 is 1.11 bits per heavy atom. The molecule has 0 bridgehead atoms. The van der Waals surface area contributed by atoms with Crippen molar-refractivity contribution in [3.05, 3.63) is 0 Å². The van der Waals surface area contributed by atoms with Crippen LogP contribution >= 0.6 is 0 Å². The predicted octanol–water partition coefficient (Wildman–Crippen LogP) is 3.36. The summed E-state index contributed by atoms with van der Waals surface area (Å²) in [5.74, 6) is 1.42. The average Bonchev–Trinajstić information content (AvgIpc) is 2.51. The number of ketones is 1. The van der Waals surface area contributed by atoms with E-state index in [9.17, 15) is 4.79 Å². The van der Waals surface area contributed by atoms with Crippen LogP contribution in [-0.2, 0) is 4.79 Å². The molecule has 104 valence electrons. The zero-order valence-electron chi connectivity index (χ0n) is 13.3. The standard InChI is InChI=1S/C16H29NO/c1-10-12-13(15(5,6)9-14(12,3)4)16(7,11(2)18)17(10)8/h10,12-13H,9H2,1-8H3. The van der Waals surface area contributed by atoms with Gasteiger partial charge < -0.3 is 0 Å². The van der Waals surface area contributed by atoms with Crippen LogP contribution in [-0.4, -0.2) is 29.3 Å². The van der Waals surface area contributed by atoms with Gasteiger partial charge in [0.15, 0.2) is 0 Å². The molecular weight excluding hydrogens is 222 g/mol. The molecule has 4 unspecified atom stereocenters. The van der Waals surface area contributed by atoms with Crippen molar-refractivity contribution in [1.29, 1.82) is 0 Å². The summed E-state index contributed by atoms with van der Waals surface area (Å²) in [7, 11) is 2.14. The van der Waals surface area contributed by atoms with Crippen molar-refractivity contribution >= 4 is 5.78 Å². The quantitative estimate of drug-likeness (QED) is 0.712. The molecule has 0 spiro atoms. The van der Waals surface area contributed by atoms with Crippen LogP contribution in [0.4, 0.5) is 0 Å². The summed E-state index contributed by atoms with van der Waals surface area (Å²) in [6.07, 6.45) is 1.22. The predicted molar refractivity (Wildman–Crippen MR) is 75.5 cm³/mol. The van der Waals surface area contributed by atoms with E-state index in [4.69, 9.17) is 0 Å². The second-order valence-corrected chi connectivity index (χ2v) is 8.21. The molecule has 2 aliphatic rings. The molecule has 0 aromatic carbocycles. The van der Waals surface area contributed by atoms with Crippen LogP contribution in [0.2, 0.25) is 0 Å². The maximum absolute atomic E-state index is 12.3. The van der Waals surface area contributed by atoms with Gasteiger partial charge in [0.2, 0.25) is 0 Å². The second-order valence-electron chi connectivity index (χ2n) is 8.21. The molecule has 0 aromatic rings. The summed E-state index contributed by atoms with van der Waals surface area (Å²) in [4.78, 5) is 14.7. The third-order valence-corrected chi connectivity index (χ3v) is 6.20. The maximum Gasteiger partial charge on any atom is 0.150 e. The van der Waals surface area contributed by atoms with E-state index >= 15 is 0 Å². The third-order valence-electron chi connectivity index (χ3n) is 6.20. The van der Waals surface area contributed by atoms with E-state index in [0.717, 1.165) is 0 Å². The molecule has 0 aromatic heterocycles. The highest BCUT2D eigenvalue weighted by molar-refractivity contribution is 5.87. The van der Waals surface area contributed by atoms with Gasteiger partial charge in [-0.3, -0.25) is 9.69 Å². The molecule has 2 nitrogen and oxygen atoms in total. The molecule has 18 heavy (non-hydrogen) atoms. The molecule has 1 saturated carbocycles. The van der Waals surface area contributed by atoms with Crippen LogP contribution in [0.15, 0.2) is 0 Å². The van der Waals surface area contributed by atoms with Crippen molar-refractivity contribution in [2.24, 2.45) is 22.7 Å². The zero-order chi connectivity index (χ0) is 14.1. The van der Waals surface area contributed by atoms with Crippen LogP contribution in [0.1, 0.15) is 54.9 Å². The first-order valence-corrected chi connectivity index (χ1v) is 7.20. The zero-order valence-corrected chi connectivity index (χ0v) is 13.3. The number of nitrogens with zero attached hydrogens (tertiary/aromatic N) is 1. The van der Waals surface area contributed by atoms with Crippen LogP contribution in [0.25, 0.3) is 0 Å². The lowest BCUT2D eigenvalue weighted by Crippen LogP contribution is -2.53. The fraction of sp³-hybridized carbons (Fsp3) is 0.938. The molecule has 2 heteroatoms. The molecule has 1 saturated heterocycles. The van der Waals surface area contributed by atoms with Crippen molar-refractivity contribution in [3.63, 3.8) is 0 Å². The molecule has 0 amide bonds. The van der Waals surface area contributed by atoms with E-state index in [0.29, 0.717) is 29.1 Å².